The molecule has 0 aliphatic carbocycles. The van der Waals surface area contributed by atoms with Gasteiger partial charge in [0, 0.05) is 19.3 Å². The predicted octanol–water partition coefficient (Wildman–Crippen LogP) is 2.17. The van der Waals surface area contributed by atoms with Gasteiger partial charge in [-0.3, -0.25) is 4.79 Å². The van der Waals surface area contributed by atoms with Gasteiger partial charge in [-0.25, -0.2) is 4.98 Å². The average molecular weight is 247 g/mol. The molecule has 2 N–H and O–H groups in total. The first kappa shape index (κ1) is 12.9. The van der Waals surface area contributed by atoms with Crippen LogP contribution in [0.2, 0.25) is 0 Å². The van der Waals surface area contributed by atoms with Gasteiger partial charge in [-0.05, 0) is 36.8 Å². The number of nitrogens with zero attached hydrogens (tertiary/aromatic N) is 2. The summed E-state index contributed by atoms with van der Waals surface area (Å²) in [6.45, 7) is 6.13. The summed E-state index contributed by atoms with van der Waals surface area (Å²) in [4.78, 5) is 18.2. The van der Waals surface area contributed by atoms with E-state index in [0.717, 1.165) is 31.8 Å². The number of carbonyl (C=O) groups is 1. The number of pyridine rings is 1. The van der Waals surface area contributed by atoms with Gasteiger partial charge < -0.3 is 10.6 Å². The summed E-state index contributed by atoms with van der Waals surface area (Å²) in [5.41, 5.74) is 6.65. The molecule has 0 bridgehead atoms. The Hall–Kier alpha value is -1.58. The highest BCUT2D eigenvalue weighted by atomic mass is 16.2. The van der Waals surface area contributed by atoms with Crippen molar-refractivity contribution in [3.63, 3.8) is 0 Å². The fourth-order valence-electron chi connectivity index (χ4n) is 2.52. The first-order valence-corrected chi connectivity index (χ1v) is 6.59. The zero-order valence-electron chi connectivity index (χ0n) is 11.1. The van der Waals surface area contributed by atoms with E-state index in [1.54, 1.807) is 18.3 Å². The number of hydrogen-bond donors (Lipinski definition) is 1. The summed E-state index contributed by atoms with van der Waals surface area (Å²) in [7, 11) is 0. The van der Waals surface area contributed by atoms with Crippen molar-refractivity contribution in [2.45, 2.75) is 26.7 Å². The Kier molecular flexibility index (Phi) is 3.84. The zero-order chi connectivity index (χ0) is 13.1. The van der Waals surface area contributed by atoms with Gasteiger partial charge in [0.05, 0.1) is 5.69 Å². The van der Waals surface area contributed by atoms with Crippen LogP contribution < -0.4 is 5.73 Å². The lowest BCUT2D eigenvalue weighted by Crippen LogP contribution is -2.40. The van der Waals surface area contributed by atoms with Crippen LogP contribution >= 0.6 is 0 Å². The first-order chi connectivity index (χ1) is 8.59. The maximum atomic E-state index is 12.3. The fourth-order valence-corrected chi connectivity index (χ4v) is 2.52. The molecule has 0 unspecified atom stereocenters. The summed E-state index contributed by atoms with van der Waals surface area (Å²) >= 11 is 0. The number of carbonyl (C=O) groups excluding carboxylic acids is 1. The largest absolute Gasteiger partial charge is 0.397 e. The average Bonchev–Trinajstić information content (AvgIpc) is 2.38. The van der Waals surface area contributed by atoms with Crippen molar-refractivity contribution in [3.8, 4) is 0 Å². The number of likely N-dealkylation sites (tertiary alicyclic amines) is 1. The monoisotopic (exact) mass is 247 g/mol. The molecule has 1 amide bonds. The van der Waals surface area contributed by atoms with Crippen LogP contribution in [0.25, 0.3) is 0 Å². The Labute approximate surface area is 108 Å². The molecule has 1 aliphatic rings. The zero-order valence-corrected chi connectivity index (χ0v) is 11.1. The van der Waals surface area contributed by atoms with Crippen molar-refractivity contribution >= 4 is 11.6 Å². The maximum absolute atomic E-state index is 12.3. The molecule has 0 aromatic carbocycles. The molecule has 1 saturated heterocycles. The summed E-state index contributed by atoms with van der Waals surface area (Å²) < 4.78 is 0. The Morgan fingerprint density at radius 1 is 1.44 bits per heavy atom. The van der Waals surface area contributed by atoms with E-state index in [2.05, 4.69) is 18.8 Å². The highest BCUT2D eigenvalue weighted by Gasteiger charge is 2.26. The van der Waals surface area contributed by atoms with Crippen LogP contribution in [0.4, 0.5) is 5.69 Å². The third-order valence-electron chi connectivity index (χ3n) is 3.81. The highest BCUT2D eigenvalue weighted by molar-refractivity contribution is 5.97. The van der Waals surface area contributed by atoms with E-state index >= 15 is 0 Å². The Balaban J connectivity index is 2.02. The van der Waals surface area contributed by atoms with Crippen LogP contribution in [-0.4, -0.2) is 28.9 Å². The van der Waals surface area contributed by atoms with Crippen LogP contribution in [0.3, 0.4) is 0 Å². The van der Waals surface area contributed by atoms with Crippen LogP contribution in [0.15, 0.2) is 18.3 Å². The minimum atomic E-state index is -0.0321. The molecule has 4 nitrogen and oxygen atoms in total. The molecule has 0 spiro atoms. The number of nitrogen functional groups attached to an aromatic ring is 1. The van der Waals surface area contributed by atoms with E-state index in [0.29, 0.717) is 17.3 Å². The van der Waals surface area contributed by atoms with Gasteiger partial charge in [0.2, 0.25) is 0 Å². The first-order valence-electron chi connectivity index (χ1n) is 6.59. The molecule has 2 heterocycles. The molecule has 1 fully saturated rings. The quantitative estimate of drug-likeness (QED) is 0.871. The summed E-state index contributed by atoms with van der Waals surface area (Å²) in [6.07, 6.45) is 3.77. The van der Waals surface area contributed by atoms with Crippen LogP contribution in [0, 0.1) is 11.8 Å². The lowest BCUT2D eigenvalue weighted by atomic mass is 9.86. The van der Waals surface area contributed by atoms with Crippen molar-refractivity contribution in [2.75, 3.05) is 18.8 Å². The van der Waals surface area contributed by atoms with Crippen LogP contribution in [-0.2, 0) is 0 Å². The summed E-state index contributed by atoms with van der Waals surface area (Å²) in [5, 5.41) is 0. The SMILES string of the molecule is CC(C)C1CCN(C(=O)c2ncccc2N)CC1. The number of aromatic nitrogens is 1. The van der Waals surface area contributed by atoms with Gasteiger partial charge >= 0.3 is 0 Å². The second kappa shape index (κ2) is 5.38. The number of rotatable bonds is 2. The number of anilines is 1. The maximum Gasteiger partial charge on any atom is 0.274 e. The van der Waals surface area contributed by atoms with E-state index in [9.17, 15) is 4.79 Å². The number of hydrogen-bond acceptors (Lipinski definition) is 3. The topological polar surface area (TPSA) is 59.2 Å². The van der Waals surface area contributed by atoms with Gasteiger partial charge in [-0.1, -0.05) is 13.8 Å². The minimum Gasteiger partial charge on any atom is -0.397 e. The molecule has 0 atom stereocenters. The van der Waals surface area contributed by atoms with Crippen molar-refractivity contribution in [1.82, 2.24) is 9.88 Å². The lowest BCUT2D eigenvalue weighted by molar-refractivity contribution is 0.0663. The van der Waals surface area contributed by atoms with Crippen LogP contribution in [0.1, 0.15) is 37.2 Å². The number of piperidine rings is 1. The second-order valence-corrected chi connectivity index (χ2v) is 5.31. The number of amides is 1. The van der Waals surface area contributed by atoms with E-state index < -0.39 is 0 Å². The third kappa shape index (κ3) is 2.63. The molecule has 98 valence electrons. The minimum absolute atomic E-state index is 0.0321. The van der Waals surface area contributed by atoms with Gasteiger partial charge in [0.15, 0.2) is 5.69 Å². The number of nitrogens with two attached hydrogens (primary N) is 1. The van der Waals surface area contributed by atoms with Crippen molar-refractivity contribution in [3.05, 3.63) is 24.0 Å². The molecule has 18 heavy (non-hydrogen) atoms. The predicted molar refractivity (Wildman–Crippen MR) is 72.1 cm³/mol. The van der Waals surface area contributed by atoms with Gasteiger partial charge in [-0.2, -0.15) is 0 Å². The van der Waals surface area contributed by atoms with Crippen molar-refractivity contribution in [1.29, 1.82) is 0 Å². The Bertz CT molecular complexity index is 423. The van der Waals surface area contributed by atoms with E-state index in [1.165, 1.54) is 0 Å². The standard InChI is InChI=1S/C14H21N3O/c1-10(2)11-5-8-17(9-6-11)14(18)13-12(15)4-3-7-16-13/h3-4,7,10-11H,5-6,8-9,15H2,1-2H3. The second-order valence-electron chi connectivity index (χ2n) is 5.31. The molecule has 2 rings (SSSR count). The summed E-state index contributed by atoms with van der Waals surface area (Å²) in [6, 6.07) is 3.47. The van der Waals surface area contributed by atoms with E-state index in [-0.39, 0.29) is 5.91 Å². The fraction of sp³-hybridized carbons (Fsp3) is 0.571. The smallest absolute Gasteiger partial charge is 0.274 e. The molecule has 1 aliphatic heterocycles. The third-order valence-corrected chi connectivity index (χ3v) is 3.81. The van der Waals surface area contributed by atoms with E-state index in [1.807, 2.05) is 4.90 Å². The molecule has 0 saturated carbocycles. The highest BCUT2D eigenvalue weighted by Crippen LogP contribution is 2.25. The van der Waals surface area contributed by atoms with Gasteiger partial charge in [0.25, 0.3) is 5.91 Å². The molecule has 4 heteroatoms. The molecular weight excluding hydrogens is 226 g/mol. The molecule has 1 aromatic rings. The van der Waals surface area contributed by atoms with E-state index in [4.69, 9.17) is 5.73 Å². The van der Waals surface area contributed by atoms with Crippen LogP contribution in [0.5, 0.6) is 0 Å². The van der Waals surface area contributed by atoms with Crippen molar-refractivity contribution < 1.29 is 4.79 Å². The van der Waals surface area contributed by atoms with Crippen molar-refractivity contribution in [2.24, 2.45) is 11.8 Å². The Morgan fingerprint density at radius 3 is 2.67 bits per heavy atom. The molecular formula is C14H21N3O. The molecule has 1 aromatic heterocycles. The Morgan fingerprint density at radius 2 is 2.11 bits per heavy atom. The van der Waals surface area contributed by atoms with Gasteiger partial charge in [0.1, 0.15) is 0 Å². The normalized spacial score (nSPS) is 17.2. The summed E-state index contributed by atoms with van der Waals surface area (Å²) in [5.74, 6) is 1.40. The molecule has 0 radical (unpaired) electrons. The van der Waals surface area contributed by atoms with Gasteiger partial charge in [-0.15, -0.1) is 0 Å². The lowest BCUT2D eigenvalue weighted by Gasteiger charge is -2.33.